The standard InChI is InChI=1S/C16H15FN2O2/c1-11(20)12-3-2-4-15(9-12)18-10-16(21)19-14-7-5-13(17)6-8-14/h2-9,18H,10H2,1H3,(H,19,21). The molecule has 21 heavy (non-hydrogen) atoms. The van der Waals surface area contributed by atoms with Gasteiger partial charge in [0.1, 0.15) is 5.82 Å². The Bertz CT molecular complexity index is 654. The maximum absolute atomic E-state index is 12.7. The minimum absolute atomic E-state index is 0.0330. The molecule has 0 aromatic heterocycles. The first kappa shape index (κ1) is 14.7. The van der Waals surface area contributed by atoms with Gasteiger partial charge in [-0.25, -0.2) is 4.39 Å². The quantitative estimate of drug-likeness (QED) is 0.830. The summed E-state index contributed by atoms with van der Waals surface area (Å²) in [5.74, 6) is -0.642. The molecule has 2 rings (SSSR count). The molecule has 0 spiro atoms. The summed E-state index contributed by atoms with van der Waals surface area (Å²) in [5, 5.41) is 5.57. The van der Waals surface area contributed by atoms with E-state index in [1.807, 2.05) is 0 Å². The van der Waals surface area contributed by atoms with Crippen molar-refractivity contribution in [2.24, 2.45) is 0 Å². The number of hydrogen-bond acceptors (Lipinski definition) is 3. The third-order valence-corrected chi connectivity index (χ3v) is 2.85. The predicted octanol–water partition coefficient (Wildman–Crippen LogP) is 3.08. The van der Waals surface area contributed by atoms with Crippen molar-refractivity contribution >= 4 is 23.1 Å². The van der Waals surface area contributed by atoms with E-state index in [0.717, 1.165) is 0 Å². The second kappa shape index (κ2) is 6.65. The average molecular weight is 286 g/mol. The minimum atomic E-state index is -0.354. The minimum Gasteiger partial charge on any atom is -0.376 e. The fraction of sp³-hybridized carbons (Fsp3) is 0.125. The highest BCUT2D eigenvalue weighted by Gasteiger charge is 2.04. The largest absolute Gasteiger partial charge is 0.376 e. The molecule has 2 N–H and O–H groups in total. The fourth-order valence-corrected chi connectivity index (χ4v) is 1.77. The van der Waals surface area contributed by atoms with Crippen molar-refractivity contribution < 1.29 is 14.0 Å². The van der Waals surface area contributed by atoms with Gasteiger partial charge in [0.2, 0.25) is 5.91 Å². The SMILES string of the molecule is CC(=O)c1cccc(NCC(=O)Nc2ccc(F)cc2)c1. The van der Waals surface area contributed by atoms with Crippen LogP contribution in [0.15, 0.2) is 48.5 Å². The van der Waals surface area contributed by atoms with Crippen LogP contribution in [0.2, 0.25) is 0 Å². The van der Waals surface area contributed by atoms with Crippen LogP contribution in [-0.2, 0) is 4.79 Å². The molecular weight excluding hydrogens is 271 g/mol. The molecule has 0 aliphatic carbocycles. The van der Waals surface area contributed by atoms with Gasteiger partial charge in [0, 0.05) is 16.9 Å². The molecular formula is C16H15FN2O2. The summed E-state index contributed by atoms with van der Waals surface area (Å²) in [6.45, 7) is 1.54. The van der Waals surface area contributed by atoms with Gasteiger partial charge in [0.05, 0.1) is 6.54 Å². The Morgan fingerprint density at radius 3 is 2.43 bits per heavy atom. The third-order valence-electron chi connectivity index (χ3n) is 2.85. The third kappa shape index (κ3) is 4.42. The van der Waals surface area contributed by atoms with Crippen LogP contribution in [0.5, 0.6) is 0 Å². The molecule has 0 atom stereocenters. The predicted molar refractivity (Wildman–Crippen MR) is 80.0 cm³/mol. The molecule has 5 heteroatoms. The van der Waals surface area contributed by atoms with Crippen molar-refractivity contribution in [2.75, 3.05) is 17.2 Å². The van der Waals surface area contributed by atoms with Crippen LogP contribution >= 0.6 is 0 Å². The van der Waals surface area contributed by atoms with Gasteiger partial charge in [-0.2, -0.15) is 0 Å². The van der Waals surface area contributed by atoms with Crippen LogP contribution in [0.25, 0.3) is 0 Å². The first-order valence-electron chi connectivity index (χ1n) is 6.45. The number of amides is 1. The van der Waals surface area contributed by atoms with Crippen molar-refractivity contribution in [3.05, 3.63) is 59.9 Å². The smallest absolute Gasteiger partial charge is 0.243 e. The summed E-state index contributed by atoms with van der Waals surface area (Å²) in [7, 11) is 0. The Morgan fingerprint density at radius 1 is 1.05 bits per heavy atom. The lowest BCUT2D eigenvalue weighted by Crippen LogP contribution is -2.21. The molecule has 0 aliphatic heterocycles. The van der Waals surface area contributed by atoms with Crippen LogP contribution in [0.3, 0.4) is 0 Å². The van der Waals surface area contributed by atoms with Crippen molar-refractivity contribution in [1.29, 1.82) is 0 Å². The summed E-state index contributed by atoms with van der Waals surface area (Å²) in [6.07, 6.45) is 0. The molecule has 0 bridgehead atoms. The first-order chi connectivity index (χ1) is 10.0. The molecule has 0 heterocycles. The molecule has 4 nitrogen and oxygen atoms in total. The van der Waals surface area contributed by atoms with Crippen LogP contribution < -0.4 is 10.6 Å². The first-order valence-corrected chi connectivity index (χ1v) is 6.45. The maximum atomic E-state index is 12.7. The normalized spacial score (nSPS) is 10.0. The molecule has 0 radical (unpaired) electrons. The van der Waals surface area contributed by atoms with Crippen molar-refractivity contribution in [2.45, 2.75) is 6.92 Å². The number of benzene rings is 2. The summed E-state index contributed by atoms with van der Waals surface area (Å²) in [5.41, 5.74) is 1.80. The summed E-state index contributed by atoms with van der Waals surface area (Å²) < 4.78 is 12.7. The summed E-state index contributed by atoms with van der Waals surface area (Å²) in [4.78, 5) is 23.0. The lowest BCUT2D eigenvalue weighted by atomic mass is 10.1. The lowest BCUT2D eigenvalue weighted by molar-refractivity contribution is -0.114. The van der Waals surface area contributed by atoms with Crippen molar-refractivity contribution in [3.8, 4) is 0 Å². The highest BCUT2D eigenvalue weighted by molar-refractivity contribution is 5.96. The highest BCUT2D eigenvalue weighted by Crippen LogP contribution is 2.11. The van der Waals surface area contributed by atoms with Crippen LogP contribution in [0.1, 0.15) is 17.3 Å². The van der Waals surface area contributed by atoms with E-state index in [-0.39, 0.29) is 24.1 Å². The number of nitrogens with one attached hydrogen (secondary N) is 2. The van der Waals surface area contributed by atoms with E-state index in [4.69, 9.17) is 0 Å². The molecule has 0 saturated heterocycles. The Labute approximate surface area is 122 Å². The highest BCUT2D eigenvalue weighted by atomic mass is 19.1. The van der Waals surface area contributed by atoms with Gasteiger partial charge in [-0.1, -0.05) is 12.1 Å². The van der Waals surface area contributed by atoms with E-state index in [1.54, 1.807) is 24.3 Å². The van der Waals surface area contributed by atoms with E-state index in [0.29, 0.717) is 16.9 Å². The number of hydrogen-bond donors (Lipinski definition) is 2. The zero-order chi connectivity index (χ0) is 15.2. The van der Waals surface area contributed by atoms with Gasteiger partial charge < -0.3 is 10.6 Å². The molecule has 1 amide bonds. The van der Waals surface area contributed by atoms with Gasteiger partial charge in [0.15, 0.2) is 5.78 Å². The van der Waals surface area contributed by atoms with Gasteiger partial charge in [-0.15, -0.1) is 0 Å². The molecule has 0 aliphatic rings. The number of carbonyl (C=O) groups is 2. The number of carbonyl (C=O) groups excluding carboxylic acids is 2. The van der Waals surface area contributed by atoms with Gasteiger partial charge in [0.25, 0.3) is 0 Å². The van der Waals surface area contributed by atoms with E-state index in [1.165, 1.54) is 31.2 Å². The Balaban J connectivity index is 1.90. The zero-order valence-electron chi connectivity index (χ0n) is 11.5. The van der Waals surface area contributed by atoms with Crippen LogP contribution in [0, 0.1) is 5.82 Å². The molecule has 0 unspecified atom stereocenters. The molecule has 0 saturated carbocycles. The van der Waals surface area contributed by atoms with E-state index in [2.05, 4.69) is 10.6 Å². The van der Waals surface area contributed by atoms with Crippen molar-refractivity contribution in [3.63, 3.8) is 0 Å². The fourth-order valence-electron chi connectivity index (χ4n) is 1.77. The Hall–Kier alpha value is -2.69. The number of halogens is 1. The number of anilines is 2. The van der Waals surface area contributed by atoms with Crippen LogP contribution in [0.4, 0.5) is 15.8 Å². The molecule has 108 valence electrons. The second-order valence-corrected chi connectivity index (χ2v) is 4.55. The van der Waals surface area contributed by atoms with Crippen molar-refractivity contribution in [1.82, 2.24) is 0 Å². The molecule has 2 aromatic carbocycles. The van der Waals surface area contributed by atoms with Crippen LogP contribution in [-0.4, -0.2) is 18.2 Å². The zero-order valence-corrected chi connectivity index (χ0v) is 11.5. The Kier molecular flexibility index (Phi) is 4.66. The topological polar surface area (TPSA) is 58.2 Å². The lowest BCUT2D eigenvalue weighted by Gasteiger charge is -2.08. The summed E-state index contributed by atoms with van der Waals surface area (Å²) in [6, 6.07) is 12.5. The number of rotatable bonds is 5. The molecule has 0 fully saturated rings. The van der Waals surface area contributed by atoms with E-state index in [9.17, 15) is 14.0 Å². The Morgan fingerprint density at radius 2 is 1.76 bits per heavy atom. The summed E-state index contributed by atoms with van der Waals surface area (Å²) >= 11 is 0. The second-order valence-electron chi connectivity index (χ2n) is 4.55. The number of ketones is 1. The molecule has 2 aromatic rings. The number of Topliss-reactive ketones (excluding diaryl/α,β-unsaturated/α-hetero) is 1. The average Bonchev–Trinajstić information content (AvgIpc) is 2.48. The monoisotopic (exact) mass is 286 g/mol. The van der Waals surface area contributed by atoms with Gasteiger partial charge >= 0.3 is 0 Å². The van der Waals surface area contributed by atoms with E-state index >= 15 is 0 Å². The van der Waals surface area contributed by atoms with Gasteiger partial charge in [-0.3, -0.25) is 9.59 Å². The maximum Gasteiger partial charge on any atom is 0.243 e. The van der Waals surface area contributed by atoms with E-state index < -0.39 is 0 Å². The van der Waals surface area contributed by atoms with Gasteiger partial charge in [-0.05, 0) is 43.3 Å².